The van der Waals surface area contributed by atoms with Crippen molar-refractivity contribution in [2.24, 2.45) is 0 Å². The fourth-order valence-electron chi connectivity index (χ4n) is 7.48. The highest BCUT2D eigenvalue weighted by molar-refractivity contribution is 5.76. The molecule has 2 unspecified atom stereocenters. The summed E-state index contributed by atoms with van der Waals surface area (Å²) < 4.78 is 0. The third kappa shape index (κ3) is 51.5. The average Bonchev–Trinajstić information content (AvgIpc) is 3.32. The van der Waals surface area contributed by atoms with Crippen molar-refractivity contribution in [1.82, 2.24) is 5.32 Å². The van der Waals surface area contributed by atoms with Crippen LogP contribution < -0.4 is 5.32 Å². The number of nitrogens with one attached hydrogen (secondary N) is 1. The fraction of sp³-hybridized carbons (Fsp3) is 0.629. The van der Waals surface area contributed by atoms with Crippen LogP contribution in [0.25, 0.3) is 0 Å². The number of allylic oxidation sites excluding steroid dienone is 21. The third-order valence-electron chi connectivity index (χ3n) is 11.6. The molecule has 374 valence electrons. The lowest BCUT2D eigenvalue weighted by Crippen LogP contribution is -2.45. The second-order valence-corrected chi connectivity index (χ2v) is 17.9. The Morgan fingerprint density at radius 3 is 1.06 bits per heavy atom. The van der Waals surface area contributed by atoms with Crippen molar-refractivity contribution in [3.63, 3.8) is 0 Å². The molecule has 0 aliphatic carbocycles. The predicted molar refractivity (Wildman–Crippen MR) is 294 cm³/mol. The van der Waals surface area contributed by atoms with Gasteiger partial charge >= 0.3 is 0 Å². The predicted octanol–water partition coefficient (Wildman–Crippen LogP) is 18.2. The van der Waals surface area contributed by atoms with Crippen LogP contribution in [0.4, 0.5) is 0 Å². The Kier molecular flexibility index (Phi) is 52.9. The Bertz CT molecular complexity index is 1350. The lowest BCUT2D eigenvalue weighted by atomic mass is 10.0. The van der Waals surface area contributed by atoms with E-state index in [1.807, 2.05) is 6.08 Å². The number of amides is 1. The molecule has 0 aliphatic rings. The molecule has 0 aromatic heterocycles. The van der Waals surface area contributed by atoms with Crippen LogP contribution >= 0.6 is 0 Å². The normalized spacial score (nSPS) is 13.9. The molecule has 0 rings (SSSR count). The Hall–Kier alpha value is -3.47. The van der Waals surface area contributed by atoms with Crippen LogP contribution in [0.5, 0.6) is 0 Å². The zero-order valence-electron chi connectivity index (χ0n) is 42.9. The van der Waals surface area contributed by atoms with Gasteiger partial charge in [-0.25, -0.2) is 0 Å². The molecular formula is C62H103NO3. The Morgan fingerprint density at radius 1 is 0.379 bits per heavy atom. The maximum absolute atomic E-state index is 12.5. The molecule has 0 saturated heterocycles. The topological polar surface area (TPSA) is 69.6 Å². The van der Waals surface area contributed by atoms with E-state index in [4.69, 9.17) is 0 Å². The summed E-state index contributed by atoms with van der Waals surface area (Å²) in [6.45, 7) is 4.17. The zero-order valence-corrected chi connectivity index (χ0v) is 42.9. The van der Waals surface area contributed by atoms with Gasteiger partial charge in [0.15, 0.2) is 0 Å². The van der Waals surface area contributed by atoms with Crippen molar-refractivity contribution in [3.8, 4) is 0 Å². The molecule has 0 aliphatic heterocycles. The van der Waals surface area contributed by atoms with Crippen LogP contribution in [0.2, 0.25) is 0 Å². The van der Waals surface area contributed by atoms with Crippen LogP contribution in [0.3, 0.4) is 0 Å². The smallest absolute Gasteiger partial charge is 0.220 e. The second-order valence-electron chi connectivity index (χ2n) is 17.9. The summed E-state index contributed by atoms with van der Waals surface area (Å²) in [5, 5.41) is 23.1. The minimum Gasteiger partial charge on any atom is -0.394 e. The lowest BCUT2D eigenvalue weighted by Gasteiger charge is -2.19. The Morgan fingerprint density at radius 2 is 0.682 bits per heavy atom. The first kappa shape index (κ1) is 62.5. The molecule has 4 nitrogen and oxygen atoms in total. The second kappa shape index (κ2) is 55.9. The minimum atomic E-state index is -0.888. The highest BCUT2D eigenvalue weighted by Crippen LogP contribution is 2.15. The van der Waals surface area contributed by atoms with Crippen molar-refractivity contribution in [2.75, 3.05) is 6.61 Å². The van der Waals surface area contributed by atoms with Gasteiger partial charge in [0.1, 0.15) is 0 Å². The minimum absolute atomic E-state index is 0.110. The summed E-state index contributed by atoms with van der Waals surface area (Å²) in [6.07, 6.45) is 87.4. The van der Waals surface area contributed by atoms with E-state index in [0.29, 0.717) is 6.42 Å². The number of carbonyl (C=O) groups is 1. The van der Waals surface area contributed by atoms with Gasteiger partial charge in [0.25, 0.3) is 0 Å². The monoisotopic (exact) mass is 910 g/mol. The van der Waals surface area contributed by atoms with E-state index in [9.17, 15) is 15.0 Å². The van der Waals surface area contributed by atoms with Crippen LogP contribution in [0.1, 0.15) is 232 Å². The van der Waals surface area contributed by atoms with E-state index in [1.165, 1.54) is 109 Å². The number of carbonyl (C=O) groups excluding carboxylic acids is 1. The van der Waals surface area contributed by atoms with E-state index in [2.05, 4.69) is 141 Å². The molecule has 0 saturated carbocycles. The molecule has 0 bridgehead atoms. The van der Waals surface area contributed by atoms with Gasteiger partial charge in [-0.05, 0) is 103 Å². The molecule has 3 N–H and O–H groups in total. The summed E-state index contributed by atoms with van der Waals surface area (Å²) in [5.41, 5.74) is 0. The quantitative estimate of drug-likeness (QED) is 0.0421. The molecule has 1 amide bonds. The van der Waals surface area contributed by atoms with E-state index in [1.54, 1.807) is 6.08 Å². The standard InChI is InChI=1S/C62H103NO3/c1-3-5-7-9-11-13-15-17-19-21-23-25-27-28-29-30-31-32-33-34-36-38-40-42-44-46-48-50-52-54-56-58-62(66)63-60(59-64)61(65)57-55-53-51-49-47-45-43-41-39-37-35-26-24-22-20-18-16-14-12-10-8-6-4-2/h5,7,11,13,17,19,23,25,28-29,31-32,34,36,40,42,46-49,55,57,60-61,64-65H,3-4,6,8-10,12,14-16,18,20-22,24,26-27,30,33,35,37-39,41,43-45,50-54,56,58-59H2,1-2H3,(H,63,66)/b7-5-,13-11-,19-17-,25-23-,29-28-,32-31-,36-34-,42-40-,48-46-,49-47+,57-55+. The van der Waals surface area contributed by atoms with Gasteiger partial charge in [-0.1, -0.05) is 257 Å². The molecular weight excluding hydrogens is 807 g/mol. The van der Waals surface area contributed by atoms with Gasteiger partial charge in [0.05, 0.1) is 18.8 Å². The Labute approximate surface area is 409 Å². The van der Waals surface area contributed by atoms with E-state index in [-0.39, 0.29) is 12.5 Å². The number of aliphatic hydroxyl groups excluding tert-OH is 2. The molecule has 0 aromatic carbocycles. The number of hydrogen-bond acceptors (Lipinski definition) is 3. The molecule has 0 aromatic rings. The summed E-state index contributed by atoms with van der Waals surface area (Å²) in [7, 11) is 0. The van der Waals surface area contributed by atoms with Crippen molar-refractivity contribution in [1.29, 1.82) is 0 Å². The molecule has 0 radical (unpaired) electrons. The lowest BCUT2D eigenvalue weighted by molar-refractivity contribution is -0.123. The first-order valence-corrected chi connectivity index (χ1v) is 27.4. The molecule has 0 heterocycles. The van der Waals surface area contributed by atoms with Crippen molar-refractivity contribution >= 4 is 5.91 Å². The van der Waals surface area contributed by atoms with Gasteiger partial charge in [0, 0.05) is 6.42 Å². The van der Waals surface area contributed by atoms with Gasteiger partial charge < -0.3 is 15.5 Å². The number of rotatable bonds is 48. The van der Waals surface area contributed by atoms with Crippen molar-refractivity contribution in [3.05, 3.63) is 134 Å². The Balaban J connectivity index is 3.72. The van der Waals surface area contributed by atoms with Crippen LogP contribution in [-0.4, -0.2) is 34.9 Å². The first-order chi connectivity index (χ1) is 32.7. The highest BCUT2D eigenvalue weighted by Gasteiger charge is 2.17. The summed E-state index contributed by atoms with van der Waals surface area (Å²) >= 11 is 0. The van der Waals surface area contributed by atoms with Crippen LogP contribution in [-0.2, 0) is 4.79 Å². The third-order valence-corrected chi connectivity index (χ3v) is 11.6. The van der Waals surface area contributed by atoms with Gasteiger partial charge in [-0.2, -0.15) is 0 Å². The SMILES string of the molecule is CC/C=C\C/C=C\C/C=C\C/C=C\C/C=C\C/C=C\C/C=C\C/C=C\C/C=C\CCCCCC(=O)NC(CO)C(O)/C=C/CC/C=C/CCCCCCCCCCCCCCCCCCC. The highest BCUT2D eigenvalue weighted by atomic mass is 16.3. The van der Waals surface area contributed by atoms with E-state index in [0.717, 1.165) is 103 Å². The summed E-state index contributed by atoms with van der Waals surface area (Å²) in [4.78, 5) is 12.5. The zero-order chi connectivity index (χ0) is 47.7. The van der Waals surface area contributed by atoms with Crippen molar-refractivity contribution < 1.29 is 15.0 Å². The molecule has 0 spiro atoms. The number of aliphatic hydroxyl groups is 2. The summed E-state index contributed by atoms with van der Waals surface area (Å²) in [6, 6.07) is -0.668. The van der Waals surface area contributed by atoms with Gasteiger partial charge in [-0.3, -0.25) is 4.79 Å². The van der Waals surface area contributed by atoms with Crippen LogP contribution in [0, 0.1) is 0 Å². The fourth-order valence-corrected chi connectivity index (χ4v) is 7.48. The first-order valence-electron chi connectivity index (χ1n) is 27.4. The van der Waals surface area contributed by atoms with E-state index < -0.39 is 12.1 Å². The largest absolute Gasteiger partial charge is 0.394 e. The average molecular weight is 911 g/mol. The van der Waals surface area contributed by atoms with Gasteiger partial charge in [-0.15, -0.1) is 0 Å². The molecule has 4 heteroatoms. The van der Waals surface area contributed by atoms with E-state index >= 15 is 0 Å². The molecule has 2 atom stereocenters. The maximum atomic E-state index is 12.5. The number of unbranched alkanes of at least 4 members (excludes halogenated alkanes) is 21. The van der Waals surface area contributed by atoms with Crippen molar-refractivity contribution in [2.45, 2.75) is 244 Å². The maximum Gasteiger partial charge on any atom is 0.220 e. The molecule has 0 fully saturated rings. The number of hydrogen-bond donors (Lipinski definition) is 3. The van der Waals surface area contributed by atoms with Gasteiger partial charge in [0.2, 0.25) is 5.91 Å². The van der Waals surface area contributed by atoms with Crippen LogP contribution in [0.15, 0.2) is 134 Å². The summed E-state index contributed by atoms with van der Waals surface area (Å²) in [5.74, 6) is -0.110. The molecule has 66 heavy (non-hydrogen) atoms.